The van der Waals surface area contributed by atoms with E-state index in [4.69, 9.17) is 5.41 Å². The molecule has 0 spiro atoms. The van der Waals surface area contributed by atoms with Gasteiger partial charge in [0.2, 0.25) is 0 Å². The van der Waals surface area contributed by atoms with Crippen LogP contribution in [0.25, 0.3) is 10.1 Å². The molecule has 1 N–H and O–H groups in total. The molecule has 0 radical (unpaired) electrons. The molecule has 2 aromatic rings. The Kier molecular flexibility index (Phi) is 2.38. The van der Waals surface area contributed by atoms with Crippen molar-refractivity contribution < 1.29 is 0 Å². The first kappa shape index (κ1) is 8.78. The van der Waals surface area contributed by atoms with Gasteiger partial charge in [-0.15, -0.1) is 23.1 Å². The van der Waals surface area contributed by atoms with Gasteiger partial charge in [-0.3, -0.25) is 5.41 Å². The molecule has 66 valence electrons. The van der Waals surface area contributed by atoms with Crippen LogP contribution in [0, 0.1) is 5.41 Å². The number of hydrogen-bond acceptors (Lipinski definition) is 3. The summed E-state index contributed by atoms with van der Waals surface area (Å²) in [6, 6.07) is 8.22. The zero-order valence-corrected chi connectivity index (χ0v) is 8.84. The van der Waals surface area contributed by atoms with E-state index in [1.165, 1.54) is 21.8 Å². The average molecular weight is 207 g/mol. The summed E-state index contributed by atoms with van der Waals surface area (Å²) < 4.78 is 1.26. The molecule has 0 amide bonds. The van der Waals surface area contributed by atoms with Gasteiger partial charge >= 0.3 is 0 Å². The van der Waals surface area contributed by atoms with Crippen LogP contribution in [0.2, 0.25) is 0 Å². The van der Waals surface area contributed by atoms with Gasteiger partial charge < -0.3 is 0 Å². The molecule has 0 aliphatic rings. The van der Waals surface area contributed by atoms with Gasteiger partial charge in [-0.1, -0.05) is 18.2 Å². The highest BCUT2D eigenvalue weighted by Crippen LogP contribution is 2.27. The summed E-state index contributed by atoms with van der Waals surface area (Å²) in [6.07, 6.45) is 1.94. The lowest BCUT2D eigenvalue weighted by molar-refractivity contribution is 1.55. The molecule has 0 atom stereocenters. The smallest absolute Gasteiger partial charge is 0.0954 e. The summed E-state index contributed by atoms with van der Waals surface area (Å²) in [6.45, 7) is 0. The highest BCUT2D eigenvalue weighted by Gasteiger charge is 2.06. The Hall–Kier alpha value is -0.800. The fourth-order valence-corrected chi connectivity index (χ4v) is 2.68. The first-order valence-corrected chi connectivity index (χ1v) is 6.02. The summed E-state index contributed by atoms with van der Waals surface area (Å²) in [7, 11) is 0. The summed E-state index contributed by atoms with van der Waals surface area (Å²) in [4.78, 5) is 0. The van der Waals surface area contributed by atoms with E-state index in [-0.39, 0.29) is 0 Å². The topological polar surface area (TPSA) is 23.9 Å². The van der Waals surface area contributed by atoms with E-state index in [2.05, 4.69) is 17.5 Å². The molecule has 0 fully saturated rings. The van der Waals surface area contributed by atoms with Gasteiger partial charge in [-0.25, -0.2) is 0 Å². The van der Waals surface area contributed by atoms with Crippen molar-refractivity contribution in [3.63, 3.8) is 0 Å². The van der Waals surface area contributed by atoms with Crippen LogP contribution in [-0.4, -0.2) is 11.3 Å². The second-order valence-electron chi connectivity index (χ2n) is 2.68. The van der Waals surface area contributed by atoms with Crippen LogP contribution in [0.5, 0.6) is 0 Å². The van der Waals surface area contributed by atoms with Crippen LogP contribution in [0.15, 0.2) is 29.6 Å². The molecule has 3 heteroatoms. The Morgan fingerprint density at radius 2 is 2.15 bits per heavy atom. The fourth-order valence-electron chi connectivity index (χ4n) is 1.26. The number of nitrogens with one attached hydrogen (secondary N) is 1. The van der Waals surface area contributed by atoms with Crippen LogP contribution < -0.4 is 0 Å². The second-order valence-corrected chi connectivity index (χ2v) is 4.41. The lowest BCUT2D eigenvalue weighted by atomic mass is 10.2. The van der Waals surface area contributed by atoms with Crippen molar-refractivity contribution in [1.82, 2.24) is 0 Å². The largest absolute Gasteiger partial charge is 0.293 e. The molecule has 0 aliphatic heterocycles. The molecule has 0 unspecified atom stereocenters. The van der Waals surface area contributed by atoms with Gasteiger partial charge in [0.05, 0.1) is 5.04 Å². The number of hydrogen-bond donors (Lipinski definition) is 1. The second kappa shape index (κ2) is 3.52. The Morgan fingerprint density at radius 1 is 1.38 bits per heavy atom. The highest BCUT2D eigenvalue weighted by molar-refractivity contribution is 8.13. The maximum atomic E-state index is 7.75. The minimum absolute atomic E-state index is 0.650. The molecule has 0 saturated carbocycles. The third-order valence-electron chi connectivity index (χ3n) is 1.93. The van der Waals surface area contributed by atoms with Crippen molar-refractivity contribution in [2.45, 2.75) is 0 Å². The van der Waals surface area contributed by atoms with Gasteiger partial charge in [0.15, 0.2) is 0 Å². The standard InChI is InChI=1S/C10H9NS2/c1-12-10(11)8-6-13-9-5-3-2-4-7(8)9/h2-6,11H,1H3. The predicted octanol–water partition coefficient (Wildman–Crippen LogP) is 3.59. The maximum absolute atomic E-state index is 7.75. The van der Waals surface area contributed by atoms with Crippen LogP contribution in [0.1, 0.15) is 5.56 Å². The average Bonchev–Trinajstić information content (AvgIpc) is 2.60. The molecule has 0 saturated heterocycles. The predicted molar refractivity (Wildman–Crippen MR) is 62.2 cm³/mol. The number of benzene rings is 1. The lowest BCUT2D eigenvalue weighted by Crippen LogP contribution is -1.88. The maximum Gasteiger partial charge on any atom is 0.0954 e. The Bertz CT molecular complexity index is 445. The highest BCUT2D eigenvalue weighted by atomic mass is 32.2. The van der Waals surface area contributed by atoms with Crippen LogP contribution in [-0.2, 0) is 0 Å². The van der Waals surface area contributed by atoms with Crippen molar-refractivity contribution in [3.05, 3.63) is 35.2 Å². The van der Waals surface area contributed by atoms with E-state index in [1.807, 2.05) is 18.4 Å². The zero-order chi connectivity index (χ0) is 9.26. The van der Waals surface area contributed by atoms with E-state index in [9.17, 15) is 0 Å². The van der Waals surface area contributed by atoms with Crippen molar-refractivity contribution in [2.24, 2.45) is 0 Å². The Balaban J connectivity index is 2.64. The minimum atomic E-state index is 0.650. The van der Waals surface area contributed by atoms with Gasteiger partial charge in [0, 0.05) is 21.0 Å². The fraction of sp³-hybridized carbons (Fsp3) is 0.100. The normalized spacial score (nSPS) is 10.5. The Labute approximate surface area is 85.3 Å². The SMILES string of the molecule is CSC(=N)c1csc2ccccc12. The Morgan fingerprint density at radius 3 is 2.92 bits per heavy atom. The van der Waals surface area contributed by atoms with Crippen LogP contribution in [0.4, 0.5) is 0 Å². The third-order valence-corrected chi connectivity index (χ3v) is 3.52. The summed E-state index contributed by atoms with van der Waals surface area (Å²) >= 11 is 3.19. The van der Waals surface area contributed by atoms with Gasteiger partial charge in [-0.05, 0) is 12.3 Å². The number of fused-ring (bicyclic) bond motifs is 1. The van der Waals surface area contributed by atoms with Crippen molar-refractivity contribution in [2.75, 3.05) is 6.26 Å². The quantitative estimate of drug-likeness (QED) is 0.560. The van der Waals surface area contributed by atoms with Crippen molar-refractivity contribution in [1.29, 1.82) is 5.41 Å². The van der Waals surface area contributed by atoms with E-state index in [1.54, 1.807) is 11.3 Å². The molecule has 1 nitrogen and oxygen atoms in total. The van der Waals surface area contributed by atoms with Crippen LogP contribution in [0.3, 0.4) is 0 Å². The summed E-state index contributed by atoms with van der Waals surface area (Å²) in [5, 5.41) is 11.7. The summed E-state index contributed by atoms with van der Waals surface area (Å²) in [5.74, 6) is 0. The molecule has 0 bridgehead atoms. The molecular weight excluding hydrogens is 198 g/mol. The summed E-state index contributed by atoms with van der Waals surface area (Å²) in [5.41, 5.74) is 1.06. The zero-order valence-electron chi connectivity index (χ0n) is 7.20. The molecule has 13 heavy (non-hydrogen) atoms. The number of rotatable bonds is 1. The van der Waals surface area contributed by atoms with Gasteiger partial charge in [-0.2, -0.15) is 0 Å². The molecule has 0 aliphatic carbocycles. The minimum Gasteiger partial charge on any atom is -0.293 e. The molecular formula is C10H9NS2. The number of thiophene rings is 1. The molecule has 1 aromatic carbocycles. The van der Waals surface area contributed by atoms with E-state index < -0.39 is 0 Å². The van der Waals surface area contributed by atoms with Gasteiger partial charge in [0.25, 0.3) is 0 Å². The monoisotopic (exact) mass is 207 g/mol. The molecule has 2 rings (SSSR count). The third kappa shape index (κ3) is 1.49. The van der Waals surface area contributed by atoms with E-state index in [0.29, 0.717) is 5.04 Å². The van der Waals surface area contributed by atoms with Crippen LogP contribution >= 0.6 is 23.1 Å². The van der Waals surface area contributed by atoms with Crippen molar-refractivity contribution >= 4 is 38.2 Å². The lowest BCUT2D eigenvalue weighted by Gasteiger charge is -1.96. The van der Waals surface area contributed by atoms with Gasteiger partial charge in [0.1, 0.15) is 0 Å². The molecule has 1 heterocycles. The van der Waals surface area contributed by atoms with E-state index >= 15 is 0 Å². The van der Waals surface area contributed by atoms with E-state index in [0.717, 1.165) is 5.56 Å². The molecule has 1 aromatic heterocycles. The first-order valence-electron chi connectivity index (χ1n) is 3.92. The van der Waals surface area contributed by atoms with Crippen molar-refractivity contribution in [3.8, 4) is 0 Å². The first-order chi connectivity index (χ1) is 6.33. The number of thioether (sulfide) groups is 1.